The lowest BCUT2D eigenvalue weighted by Gasteiger charge is -2.21. The van der Waals surface area contributed by atoms with E-state index in [0.29, 0.717) is 0 Å². The molecule has 0 fully saturated rings. The first-order valence-electron chi connectivity index (χ1n) is 18.3. The predicted octanol–water partition coefficient (Wildman–Crippen LogP) is 14.9. The summed E-state index contributed by atoms with van der Waals surface area (Å²) in [6, 6.07) is 70.4. The number of hydrogen-bond acceptors (Lipinski definition) is 1. The molecule has 0 atom stereocenters. The van der Waals surface area contributed by atoms with Gasteiger partial charge in [-0.15, -0.1) is 0 Å². The Morgan fingerprint density at radius 3 is 1.25 bits per heavy atom. The Kier molecular flexibility index (Phi) is 6.62. The maximum atomic E-state index is 6.87. The quantitative estimate of drug-likeness (QED) is 0.170. The van der Waals surface area contributed by atoms with Gasteiger partial charge in [0.05, 0.1) is 0 Å². The van der Waals surface area contributed by atoms with Gasteiger partial charge in [0.25, 0.3) is 0 Å². The molecule has 0 amide bonds. The maximum Gasteiger partial charge on any atom is 0.143 e. The molecule has 0 bridgehead atoms. The third-order valence-electron chi connectivity index (χ3n) is 11.1. The van der Waals surface area contributed by atoms with Crippen molar-refractivity contribution in [2.45, 2.75) is 0 Å². The standard InChI is InChI=1S/C52H32O/c1-3-19-35-33(15-1)17-13-28-37(35)39-21-5-6-22-40(39)49-41-23-7-9-25-43(41)50(44-26-10-8-24-42(44)49)47-32-31-45(38-29-14-18-34-16-2-4-20-36(34)38)52-51(47)46-27-11-12-30-48(46)53-52/h1-32H. The molecule has 53 heavy (non-hydrogen) atoms. The second-order valence-electron chi connectivity index (χ2n) is 13.9. The topological polar surface area (TPSA) is 13.1 Å². The summed E-state index contributed by atoms with van der Waals surface area (Å²) < 4.78 is 6.87. The monoisotopic (exact) mass is 672 g/mol. The van der Waals surface area contributed by atoms with Crippen molar-refractivity contribution < 1.29 is 4.42 Å². The fourth-order valence-electron chi connectivity index (χ4n) is 8.81. The normalized spacial score (nSPS) is 11.8. The molecule has 246 valence electrons. The van der Waals surface area contributed by atoms with Crippen molar-refractivity contribution in [1.82, 2.24) is 0 Å². The molecule has 11 aromatic rings. The van der Waals surface area contributed by atoms with Gasteiger partial charge in [-0.3, -0.25) is 0 Å². The third kappa shape index (κ3) is 4.51. The summed E-state index contributed by atoms with van der Waals surface area (Å²) in [6.07, 6.45) is 0. The highest BCUT2D eigenvalue weighted by atomic mass is 16.3. The van der Waals surface area contributed by atoms with E-state index in [0.717, 1.165) is 27.5 Å². The molecular formula is C52H32O. The van der Waals surface area contributed by atoms with Crippen molar-refractivity contribution in [3.8, 4) is 44.5 Å². The van der Waals surface area contributed by atoms with Crippen LogP contribution in [-0.4, -0.2) is 0 Å². The van der Waals surface area contributed by atoms with Crippen LogP contribution in [0.2, 0.25) is 0 Å². The van der Waals surface area contributed by atoms with Gasteiger partial charge in [-0.25, -0.2) is 0 Å². The molecule has 0 aliphatic rings. The highest BCUT2D eigenvalue weighted by molar-refractivity contribution is 6.27. The van der Waals surface area contributed by atoms with E-state index in [4.69, 9.17) is 4.42 Å². The number of hydrogen-bond donors (Lipinski definition) is 0. The van der Waals surface area contributed by atoms with Gasteiger partial charge in [0.1, 0.15) is 11.2 Å². The van der Waals surface area contributed by atoms with Gasteiger partial charge >= 0.3 is 0 Å². The molecule has 1 nitrogen and oxygen atoms in total. The first-order chi connectivity index (χ1) is 26.3. The van der Waals surface area contributed by atoms with Crippen molar-refractivity contribution in [2.24, 2.45) is 0 Å². The molecule has 0 spiro atoms. The van der Waals surface area contributed by atoms with Crippen LogP contribution in [0.5, 0.6) is 0 Å². The van der Waals surface area contributed by atoms with Crippen LogP contribution in [0.4, 0.5) is 0 Å². The molecule has 11 rings (SSSR count). The van der Waals surface area contributed by atoms with Gasteiger partial charge in [0.15, 0.2) is 0 Å². The van der Waals surface area contributed by atoms with E-state index >= 15 is 0 Å². The lowest BCUT2D eigenvalue weighted by atomic mass is 9.82. The van der Waals surface area contributed by atoms with E-state index in [1.807, 2.05) is 0 Å². The Labute approximate surface area is 307 Å². The zero-order valence-corrected chi connectivity index (χ0v) is 28.9. The number of para-hydroxylation sites is 1. The third-order valence-corrected chi connectivity index (χ3v) is 11.1. The van der Waals surface area contributed by atoms with Crippen LogP contribution in [-0.2, 0) is 0 Å². The summed E-state index contributed by atoms with van der Waals surface area (Å²) in [5.74, 6) is 0. The first-order valence-corrected chi connectivity index (χ1v) is 18.3. The lowest BCUT2D eigenvalue weighted by molar-refractivity contribution is 0.670. The molecule has 0 saturated heterocycles. The summed E-state index contributed by atoms with van der Waals surface area (Å²) >= 11 is 0. The van der Waals surface area contributed by atoms with Crippen LogP contribution in [0.25, 0.3) is 110 Å². The van der Waals surface area contributed by atoms with Crippen LogP contribution < -0.4 is 0 Å². The minimum Gasteiger partial charge on any atom is -0.455 e. The van der Waals surface area contributed by atoms with Crippen LogP contribution in [0, 0.1) is 0 Å². The number of fused-ring (bicyclic) bond motifs is 7. The Morgan fingerprint density at radius 1 is 0.245 bits per heavy atom. The van der Waals surface area contributed by atoms with Crippen LogP contribution in [0.3, 0.4) is 0 Å². The molecule has 1 aromatic heterocycles. The smallest absolute Gasteiger partial charge is 0.143 e. The largest absolute Gasteiger partial charge is 0.455 e. The number of furan rings is 1. The SMILES string of the molecule is c1ccc(-c2c3ccccc3c(-c3ccc(-c4cccc5ccccc45)c4oc5ccccc5c34)c3ccccc23)c(-c2cccc3ccccc23)c1. The van der Waals surface area contributed by atoms with Gasteiger partial charge in [-0.05, 0) is 94.2 Å². The highest BCUT2D eigenvalue weighted by Crippen LogP contribution is 2.50. The summed E-state index contributed by atoms with van der Waals surface area (Å²) in [6.45, 7) is 0. The van der Waals surface area contributed by atoms with Crippen molar-refractivity contribution >= 4 is 65.0 Å². The summed E-state index contributed by atoms with van der Waals surface area (Å²) in [7, 11) is 0. The van der Waals surface area contributed by atoms with E-state index in [-0.39, 0.29) is 0 Å². The molecule has 0 saturated carbocycles. The van der Waals surface area contributed by atoms with E-state index in [9.17, 15) is 0 Å². The van der Waals surface area contributed by atoms with Crippen molar-refractivity contribution in [2.75, 3.05) is 0 Å². The minimum absolute atomic E-state index is 0.894. The Balaban J connectivity index is 1.25. The second kappa shape index (κ2) is 11.8. The van der Waals surface area contributed by atoms with Crippen molar-refractivity contribution in [1.29, 1.82) is 0 Å². The van der Waals surface area contributed by atoms with Gasteiger partial charge in [-0.2, -0.15) is 0 Å². The Bertz CT molecular complexity index is 3170. The van der Waals surface area contributed by atoms with Crippen LogP contribution in [0.1, 0.15) is 0 Å². The number of rotatable bonds is 4. The number of benzene rings is 10. The molecule has 0 N–H and O–H groups in total. The lowest BCUT2D eigenvalue weighted by Crippen LogP contribution is -1.93. The van der Waals surface area contributed by atoms with E-state index < -0.39 is 0 Å². The second-order valence-corrected chi connectivity index (χ2v) is 13.9. The van der Waals surface area contributed by atoms with Gasteiger partial charge in [0, 0.05) is 16.3 Å². The van der Waals surface area contributed by atoms with Gasteiger partial charge < -0.3 is 4.42 Å². The van der Waals surface area contributed by atoms with Gasteiger partial charge in [0.2, 0.25) is 0 Å². The summed E-state index contributed by atoms with van der Waals surface area (Å²) in [5, 5.41) is 12.1. The minimum atomic E-state index is 0.894. The Morgan fingerprint density at radius 2 is 0.642 bits per heavy atom. The zero-order chi connectivity index (χ0) is 34.9. The van der Waals surface area contributed by atoms with E-state index in [1.54, 1.807) is 0 Å². The molecule has 0 unspecified atom stereocenters. The van der Waals surface area contributed by atoms with Crippen molar-refractivity contribution in [3.05, 3.63) is 194 Å². The maximum absolute atomic E-state index is 6.87. The van der Waals surface area contributed by atoms with E-state index in [2.05, 4.69) is 194 Å². The fraction of sp³-hybridized carbons (Fsp3) is 0. The summed E-state index contributed by atoms with van der Waals surface area (Å²) in [5.41, 5.74) is 11.4. The van der Waals surface area contributed by atoms with E-state index in [1.165, 1.54) is 82.0 Å². The molecule has 0 aliphatic carbocycles. The first kappa shape index (κ1) is 29.7. The zero-order valence-electron chi connectivity index (χ0n) is 28.9. The van der Waals surface area contributed by atoms with Crippen LogP contribution in [0.15, 0.2) is 199 Å². The van der Waals surface area contributed by atoms with Crippen LogP contribution >= 0.6 is 0 Å². The molecule has 0 aliphatic heterocycles. The molecular weight excluding hydrogens is 641 g/mol. The molecule has 10 aromatic carbocycles. The Hall–Kier alpha value is -6.96. The fourth-order valence-corrected chi connectivity index (χ4v) is 8.81. The molecule has 1 heteroatoms. The average Bonchev–Trinajstić information content (AvgIpc) is 3.62. The van der Waals surface area contributed by atoms with Crippen molar-refractivity contribution in [3.63, 3.8) is 0 Å². The molecule has 1 heterocycles. The summed E-state index contributed by atoms with van der Waals surface area (Å²) in [4.78, 5) is 0. The van der Waals surface area contributed by atoms with Gasteiger partial charge in [-0.1, -0.05) is 182 Å². The predicted molar refractivity (Wildman–Crippen MR) is 225 cm³/mol. The molecule has 0 radical (unpaired) electrons. The average molecular weight is 673 g/mol. The highest BCUT2D eigenvalue weighted by Gasteiger charge is 2.23.